The first-order valence-corrected chi connectivity index (χ1v) is 7.50. The molecule has 0 saturated carbocycles. The fourth-order valence-electron chi connectivity index (χ4n) is 2.92. The topological polar surface area (TPSA) is 26.3 Å². The van der Waals surface area contributed by atoms with Crippen molar-refractivity contribution in [2.75, 3.05) is 0 Å². The zero-order valence-corrected chi connectivity index (χ0v) is 12.8. The third kappa shape index (κ3) is 1.80. The van der Waals surface area contributed by atoms with E-state index in [1.54, 1.807) is 0 Å². The molecule has 0 aliphatic carbocycles. The fraction of sp³-hybridized carbons (Fsp3) is 0.235. The summed E-state index contributed by atoms with van der Waals surface area (Å²) in [7, 11) is 0. The number of cyclic esters (lactones) is 1. The van der Waals surface area contributed by atoms with E-state index in [-0.39, 0.29) is 12.1 Å². The zero-order chi connectivity index (χ0) is 14.2. The summed E-state index contributed by atoms with van der Waals surface area (Å²) in [5, 5.41) is 0. The van der Waals surface area contributed by atoms with Crippen molar-refractivity contribution in [2.24, 2.45) is 0 Å². The van der Waals surface area contributed by atoms with Gasteiger partial charge in [0.1, 0.15) is 11.5 Å². The van der Waals surface area contributed by atoms with E-state index in [2.05, 4.69) is 15.9 Å². The highest BCUT2D eigenvalue weighted by molar-refractivity contribution is 9.10. The maximum absolute atomic E-state index is 12.2. The van der Waals surface area contributed by atoms with Crippen molar-refractivity contribution in [3.8, 4) is 0 Å². The molecular formula is C17H15BrO2. The SMILES string of the molecule is CC[C@@]1(c2ccccc2)C(=O)O[C@@H]1c1ccccc1Br. The van der Waals surface area contributed by atoms with Crippen LogP contribution in [0.4, 0.5) is 0 Å². The van der Waals surface area contributed by atoms with Gasteiger partial charge in [0.25, 0.3) is 0 Å². The Morgan fingerprint density at radius 3 is 2.35 bits per heavy atom. The summed E-state index contributed by atoms with van der Waals surface area (Å²) >= 11 is 3.55. The minimum absolute atomic E-state index is 0.132. The Kier molecular flexibility index (Phi) is 3.38. The van der Waals surface area contributed by atoms with E-state index in [0.717, 1.165) is 22.0 Å². The van der Waals surface area contributed by atoms with Gasteiger partial charge in [0, 0.05) is 10.0 Å². The summed E-state index contributed by atoms with van der Waals surface area (Å²) in [6.07, 6.45) is 0.500. The smallest absolute Gasteiger partial charge is 0.321 e. The number of benzene rings is 2. The molecular weight excluding hydrogens is 316 g/mol. The summed E-state index contributed by atoms with van der Waals surface area (Å²) in [5.41, 5.74) is 1.49. The van der Waals surface area contributed by atoms with Crippen molar-refractivity contribution < 1.29 is 9.53 Å². The van der Waals surface area contributed by atoms with Gasteiger partial charge in [-0.2, -0.15) is 0 Å². The first-order chi connectivity index (χ1) is 9.70. The number of rotatable bonds is 3. The van der Waals surface area contributed by atoms with Gasteiger partial charge in [-0.1, -0.05) is 71.4 Å². The number of ether oxygens (including phenoxy) is 1. The summed E-state index contributed by atoms with van der Waals surface area (Å²) in [4.78, 5) is 12.2. The van der Waals surface area contributed by atoms with E-state index in [4.69, 9.17) is 4.74 Å². The van der Waals surface area contributed by atoms with Crippen molar-refractivity contribution in [1.82, 2.24) is 0 Å². The van der Waals surface area contributed by atoms with Crippen LogP contribution in [0.25, 0.3) is 0 Å². The lowest BCUT2D eigenvalue weighted by Gasteiger charge is -2.47. The molecule has 1 saturated heterocycles. The van der Waals surface area contributed by atoms with E-state index in [9.17, 15) is 4.79 Å². The molecule has 102 valence electrons. The third-order valence-electron chi connectivity index (χ3n) is 4.07. The second kappa shape index (κ2) is 5.06. The first kappa shape index (κ1) is 13.4. The third-order valence-corrected chi connectivity index (χ3v) is 4.79. The van der Waals surface area contributed by atoms with Crippen molar-refractivity contribution in [2.45, 2.75) is 24.9 Å². The van der Waals surface area contributed by atoms with Gasteiger partial charge in [-0.3, -0.25) is 4.79 Å². The van der Waals surface area contributed by atoms with E-state index < -0.39 is 5.41 Å². The molecule has 1 fully saturated rings. The Morgan fingerprint density at radius 2 is 1.75 bits per heavy atom. The maximum Gasteiger partial charge on any atom is 0.321 e. The highest BCUT2D eigenvalue weighted by Gasteiger charge is 2.58. The average Bonchev–Trinajstić information content (AvgIpc) is 2.48. The predicted molar refractivity (Wildman–Crippen MR) is 81.4 cm³/mol. The maximum atomic E-state index is 12.2. The fourth-order valence-corrected chi connectivity index (χ4v) is 3.41. The van der Waals surface area contributed by atoms with Crippen LogP contribution < -0.4 is 0 Å². The molecule has 2 atom stereocenters. The van der Waals surface area contributed by atoms with E-state index in [1.165, 1.54) is 0 Å². The Balaban J connectivity index is 2.10. The molecule has 20 heavy (non-hydrogen) atoms. The van der Waals surface area contributed by atoms with Crippen molar-refractivity contribution in [3.05, 3.63) is 70.2 Å². The van der Waals surface area contributed by atoms with E-state index in [1.807, 2.05) is 61.5 Å². The van der Waals surface area contributed by atoms with Crippen LogP contribution >= 0.6 is 15.9 Å². The molecule has 2 nitrogen and oxygen atoms in total. The Labute approximate surface area is 126 Å². The Morgan fingerprint density at radius 1 is 1.10 bits per heavy atom. The second-order valence-electron chi connectivity index (χ2n) is 5.00. The summed E-state index contributed by atoms with van der Waals surface area (Å²) in [6, 6.07) is 17.8. The van der Waals surface area contributed by atoms with Crippen molar-refractivity contribution in [1.29, 1.82) is 0 Å². The Hall–Kier alpha value is -1.61. The minimum Gasteiger partial charge on any atom is -0.455 e. The van der Waals surface area contributed by atoms with Crippen LogP contribution in [0, 0.1) is 0 Å². The van der Waals surface area contributed by atoms with Gasteiger partial charge in [-0.15, -0.1) is 0 Å². The quantitative estimate of drug-likeness (QED) is 0.780. The standard InChI is InChI=1S/C17H15BrO2/c1-2-17(12-8-4-3-5-9-12)15(20-16(17)19)13-10-6-7-11-14(13)18/h3-11,15H,2H2,1H3/t15-,17+/m1/s1. The molecule has 0 spiro atoms. The van der Waals surface area contributed by atoms with Crippen LogP contribution in [-0.2, 0) is 14.9 Å². The largest absolute Gasteiger partial charge is 0.455 e. The molecule has 0 amide bonds. The van der Waals surface area contributed by atoms with Crippen LogP contribution in [0.15, 0.2) is 59.1 Å². The number of hydrogen-bond donors (Lipinski definition) is 0. The summed E-state index contributed by atoms with van der Waals surface area (Å²) < 4.78 is 6.48. The van der Waals surface area contributed by atoms with Crippen LogP contribution in [0.5, 0.6) is 0 Å². The molecule has 0 unspecified atom stereocenters. The van der Waals surface area contributed by atoms with Crippen LogP contribution in [0.2, 0.25) is 0 Å². The van der Waals surface area contributed by atoms with Gasteiger partial charge in [0.2, 0.25) is 0 Å². The molecule has 0 bridgehead atoms. The number of carbonyl (C=O) groups is 1. The lowest BCUT2D eigenvalue weighted by molar-refractivity contribution is -0.193. The van der Waals surface area contributed by atoms with Gasteiger partial charge in [-0.05, 0) is 18.1 Å². The number of carbonyl (C=O) groups excluding carboxylic acids is 1. The first-order valence-electron chi connectivity index (χ1n) is 6.71. The van der Waals surface area contributed by atoms with Gasteiger partial charge < -0.3 is 4.74 Å². The monoisotopic (exact) mass is 330 g/mol. The van der Waals surface area contributed by atoms with Gasteiger partial charge >= 0.3 is 5.97 Å². The van der Waals surface area contributed by atoms with Crippen molar-refractivity contribution in [3.63, 3.8) is 0 Å². The zero-order valence-electron chi connectivity index (χ0n) is 11.2. The molecule has 0 aromatic heterocycles. The lowest BCUT2D eigenvalue weighted by atomic mass is 9.67. The molecule has 2 aromatic rings. The minimum atomic E-state index is -0.564. The molecule has 1 aliphatic rings. The highest BCUT2D eigenvalue weighted by atomic mass is 79.9. The summed E-state index contributed by atoms with van der Waals surface area (Å²) in [5.74, 6) is -0.132. The van der Waals surface area contributed by atoms with Gasteiger partial charge in [-0.25, -0.2) is 0 Å². The number of hydrogen-bond acceptors (Lipinski definition) is 2. The van der Waals surface area contributed by atoms with E-state index in [0.29, 0.717) is 0 Å². The van der Waals surface area contributed by atoms with Gasteiger partial charge in [0.15, 0.2) is 0 Å². The Bertz CT molecular complexity index is 638. The molecule has 0 radical (unpaired) electrons. The molecule has 0 N–H and O–H groups in total. The number of esters is 1. The molecule has 2 aromatic carbocycles. The van der Waals surface area contributed by atoms with Gasteiger partial charge in [0.05, 0.1) is 0 Å². The lowest BCUT2D eigenvalue weighted by Crippen LogP contribution is -2.54. The normalized spacial score (nSPS) is 24.9. The van der Waals surface area contributed by atoms with Crippen molar-refractivity contribution >= 4 is 21.9 Å². The van der Waals surface area contributed by atoms with E-state index >= 15 is 0 Å². The van der Waals surface area contributed by atoms with Crippen LogP contribution in [-0.4, -0.2) is 5.97 Å². The molecule has 3 heteroatoms. The predicted octanol–water partition coefficient (Wildman–Crippen LogP) is 4.40. The molecule has 3 rings (SSSR count). The highest BCUT2D eigenvalue weighted by Crippen LogP contribution is 2.52. The number of halogens is 1. The van der Waals surface area contributed by atoms with Crippen LogP contribution in [0.1, 0.15) is 30.6 Å². The average molecular weight is 331 g/mol. The second-order valence-corrected chi connectivity index (χ2v) is 5.85. The van der Waals surface area contributed by atoms with Crippen LogP contribution in [0.3, 0.4) is 0 Å². The summed E-state index contributed by atoms with van der Waals surface area (Å²) in [6.45, 7) is 2.04. The molecule has 1 heterocycles. The molecule has 1 aliphatic heterocycles.